The van der Waals surface area contributed by atoms with E-state index in [0.717, 1.165) is 0 Å². The molecule has 12 heteroatoms. The van der Waals surface area contributed by atoms with Crippen molar-refractivity contribution >= 4 is 0 Å². The lowest BCUT2D eigenvalue weighted by Gasteiger charge is -2.14. The Morgan fingerprint density at radius 3 is 1.30 bits per heavy atom. The highest BCUT2D eigenvalue weighted by molar-refractivity contribution is 5.71. The van der Waals surface area contributed by atoms with Crippen molar-refractivity contribution in [3.05, 3.63) is 76.0 Å². The van der Waals surface area contributed by atoms with Gasteiger partial charge in [0.15, 0.2) is 46.5 Å². The molecule has 0 atom stereocenters. The number of aliphatic hydroxyl groups is 1. The Kier molecular flexibility index (Phi) is 5.46. The summed E-state index contributed by atoms with van der Waals surface area (Å²) in [5.74, 6) is -23.3. The first-order valence-electron chi connectivity index (χ1n) is 7.67. The number of hydrogen-bond donors (Lipinski definition) is 1. The SMILES string of the molecule is OCc1nc(-c2c(F)c(F)c(F)c(F)c2F)ccc1-c1c(F)c(F)c(F)c(F)c1F. The predicted molar refractivity (Wildman–Crippen MR) is 80.6 cm³/mol. The number of hydrogen-bond acceptors (Lipinski definition) is 2. The first kappa shape index (κ1) is 21.6. The van der Waals surface area contributed by atoms with E-state index in [1.54, 1.807) is 0 Å². The summed E-state index contributed by atoms with van der Waals surface area (Å²) in [6.07, 6.45) is 0. The van der Waals surface area contributed by atoms with Crippen LogP contribution in [0.4, 0.5) is 43.9 Å². The van der Waals surface area contributed by atoms with Crippen LogP contribution in [0.5, 0.6) is 0 Å². The second kappa shape index (κ2) is 7.59. The molecule has 0 aliphatic rings. The average Bonchev–Trinajstić information content (AvgIpc) is 2.74. The van der Waals surface area contributed by atoms with E-state index in [2.05, 4.69) is 4.98 Å². The molecule has 1 aromatic heterocycles. The highest BCUT2D eigenvalue weighted by atomic mass is 19.2. The van der Waals surface area contributed by atoms with Crippen LogP contribution in [-0.2, 0) is 6.61 Å². The van der Waals surface area contributed by atoms with Gasteiger partial charge in [0.05, 0.1) is 29.1 Å². The van der Waals surface area contributed by atoms with Gasteiger partial charge in [0.25, 0.3) is 0 Å². The molecule has 1 N–H and O–H groups in total. The number of rotatable bonds is 3. The maximum atomic E-state index is 14.0. The Morgan fingerprint density at radius 1 is 0.533 bits per heavy atom. The molecule has 1 heterocycles. The van der Waals surface area contributed by atoms with Crippen molar-refractivity contribution in [3.63, 3.8) is 0 Å². The molecular weight excluding hydrogens is 436 g/mol. The minimum absolute atomic E-state index is 0.519. The summed E-state index contributed by atoms with van der Waals surface area (Å²) in [6.45, 7) is -1.25. The van der Waals surface area contributed by atoms with Gasteiger partial charge in [-0.05, 0) is 6.07 Å². The van der Waals surface area contributed by atoms with Gasteiger partial charge < -0.3 is 5.11 Å². The third-order valence-corrected chi connectivity index (χ3v) is 4.07. The van der Waals surface area contributed by atoms with Gasteiger partial charge >= 0.3 is 0 Å². The highest BCUT2D eigenvalue weighted by Crippen LogP contribution is 2.36. The number of aromatic nitrogens is 1. The van der Waals surface area contributed by atoms with E-state index >= 15 is 0 Å². The minimum atomic E-state index is -2.45. The Morgan fingerprint density at radius 2 is 0.900 bits per heavy atom. The molecule has 0 fully saturated rings. The maximum Gasteiger partial charge on any atom is 0.200 e. The van der Waals surface area contributed by atoms with Crippen molar-refractivity contribution in [2.75, 3.05) is 0 Å². The molecule has 0 amide bonds. The summed E-state index contributed by atoms with van der Waals surface area (Å²) in [5, 5.41) is 9.35. The fraction of sp³-hybridized carbons (Fsp3) is 0.0556. The monoisotopic (exact) mass is 441 g/mol. The zero-order chi connectivity index (χ0) is 22.5. The van der Waals surface area contributed by atoms with E-state index in [4.69, 9.17) is 0 Å². The molecule has 0 aliphatic heterocycles. The Labute approximate surface area is 160 Å². The molecule has 0 radical (unpaired) electrons. The second-order valence-electron chi connectivity index (χ2n) is 5.74. The van der Waals surface area contributed by atoms with E-state index < -0.39 is 92.9 Å². The molecule has 0 unspecified atom stereocenters. The lowest BCUT2D eigenvalue weighted by molar-refractivity contribution is 0.277. The summed E-state index contributed by atoms with van der Waals surface area (Å²) in [4.78, 5) is 3.38. The third-order valence-electron chi connectivity index (χ3n) is 4.07. The molecule has 0 saturated carbocycles. The lowest BCUT2D eigenvalue weighted by atomic mass is 9.99. The number of pyridine rings is 1. The van der Waals surface area contributed by atoms with Crippen molar-refractivity contribution in [2.45, 2.75) is 6.61 Å². The Balaban J connectivity index is 2.31. The van der Waals surface area contributed by atoms with Crippen molar-refractivity contribution in [2.24, 2.45) is 0 Å². The molecule has 158 valence electrons. The lowest BCUT2D eigenvalue weighted by Crippen LogP contribution is -2.08. The number of nitrogens with zero attached hydrogens (tertiary/aromatic N) is 1. The van der Waals surface area contributed by atoms with Crippen LogP contribution in [0, 0.1) is 58.2 Å². The second-order valence-corrected chi connectivity index (χ2v) is 5.74. The smallest absolute Gasteiger partial charge is 0.200 e. The number of aliphatic hydroxyl groups excluding tert-OH is 1. The molecule has 0 spiro atoms. The van der Waals surface area contributed by atoms with Crippen LogP contribution in [0.2, 0.25) is 0 Å². The fourth-order valence-corrected chi connectivity index (χ4v) is 2.66. The number of benzene rings is 2. The number of halogens is 10. The van der Waals surface area contributed by atoms with Crippen molar-refractivity contribution < 1.29 is 49.0 Å². The predicted octanol–water partition coefficient (Wildman–Crippen LogP) is 5.30. The molecule has 0 saturated heterocycles. The summed E-state index contributed by atoms with van der Waals surface area (Å²) in [5.41, 5.74) is -5.71. The van der Waals surface area contributed by atoms with Crippen LogP contribution in [0.15, 0.2) is 12.1 Å². The van der Waals surface area contributed by atoms with Crippen molar-refractivity contribution in [3.8, 4) is 22.4 Å². The van der Waals surface area contributed by atoms with Gasteiger partial charge in [-0.3, -0.25) is 0 Å². The van der Waals surface area contributed by atoms with Crippen molar-refractivity contribution in [1.82, 2.24) is 4.98 Å². The zero-order valence-electron chi connectivity index (χ0n) is 14.0. The van der Waals surface area contributed by atoms with E-state index in [9.17, 15) is 49.0 Å². The van der Waals surface area contributed by atoms with Crippen LogP contribution in [0.3, 0.4) is 0 Å². The summed E-state index contributed by atoms with van der Waals surface area (Å²) >= 11 is 0. The Bertz CT molecular complexity index is 1140. The van der Waals surface area contributed by atoms with Crippen LogP contribution in [0.1, 0.15) is 5.69 Å². The topological polar surface area (TPSA) is 33.1 Å². The molecule has 0 bridgehead atoms. The van der Waals surface area contributed by atoms with E-state index in [1.807, 2.05) is 0 Å². The van der Waals surface area contributed by atoms with Crippen LogP contribution in [-0.4, -0.2) is 10.1 Å². The molecule has 3 aromatic rings. The van der Waals surface area contributed by atoms with Crippen LogP contribution < -0.4 is 0 Å². The minimum Gasteiger partial charge on any atom is -0.390 e. The fourth-order valence-electron chi connectivity index (χ4n) is 2.66. The van der Waals surface area contributed by atoms with Gasteiger partial charge in [0.1, 0.15) is 0 Å². The van der Waals surface area contributed by atoms with E-state index in [-0.39, 0.29) is 0 Å². The van der Waals surface area contributed by atoms with Gasteiger partial charge in [-0.1, -0.05) is 6.07 Å². The van der Waals surface area contributed by atoms with Crippen molar-refractivity contribution in [1.29, 1.82) is 0 Å². The van der Waals surface area contributed by atoms with Gasteiger partial charge in [0, 0.05) is 5.56 Å². The molecular formula is C18H5F10NO. The molecule has 0 aliphatic carbocycles. The van der Waals surface area contributed by atoms with Crippen LogP contribution in [0.25, 0.3) is 22.4 Å². The normalized spacial score (nSPS) is 11.3. The third kappa shape index (κ3) is 3.07. The van der Waals surface area contributed by atoms with E-state index in [1.165, 1.54) is 0 Å². The van der Waals surface area contributed by atoms with Gasteiger partial charge in [-0.25, -0.2) is 48.9 Å². The van der Waals surface area contributed by atoms with Gasteiger partial charge in [-0.2, -0.15) is 0 Å². The zero-order valence-corrected chi connectivity index (χ0v) is 14.0. The molecule has 2 nitrogen and oxygen atoms in total. The molecule has 3 rings (SSSR count). The highest BCUT2D eigenvalue weighted by Gasteiger charge is 2.30. The first-order chi connectivity index (χ1) is 14.0. The summed E-state index contributed by atoms with van der Waals surface area (Å²) in [7, 11) is 0. The first-order valence-corrected chi connectivity index (χ1v) is 7.67. The maximum absolute atomic E-state index is 14.0. The van der Waals surface area contributed by atoms with Gasteiger partial charge in [-0.15, -0.1) is 0 Å². The summed E-state index contributed by atoms with van der Waals surface area (Å²) < 4.78 is 136. The molecule has 30 heavy (non-hydrogen) atoms. The standard InChI is InChI=1S/C18H5F10NO/c19-9-7(10(20)14(24)17(27)13(9)23)4-1-2-5(29-6(4)3-30)8-11(21)15(25)18(28)16(26)12(8)22/h1-2,30H,3H2. The quantitative estimate of drug-likeness (QED) is 0.340. The summed E-state index contributed by atoms with van der Waals surface area (Å²) in [6, 6.07) is 1.06. The Hall–Kier alpha value is -3.15. The molecule has 2 aromatic carbocycles. The largest absolute Gasteiger partial charge is 0.390 e. The van der Waals surface area contributed by atoms with E-state index in [0.29, 0.717) is 12.1 Å². The average molecular weight is 441 g/mol. The van der Waals surface area contributed by atoms with Gasteiger partial charge in [0.2, 0.25) is 11.6 Å². The van der Waals surface area contributed by atoms with Crippen LogP contribution >= 0.6 is 0 Å².